The van der Waals surface area contributed by atoms with Crippen LogP contribution in [-0.2, 0) is 23.1 Å². The Labute approximate surface area is 189 Å². The molecule has 0 aliphatic heterocycles. The highest BCUT2D eigenvalue weighted by atomic mass is 16.5. The number of nitrogens with zero attached hydrogens (tertiary/aromatic N) is 2. The summed E-state index contributed by atoms with van der Waals surface area (Å²) in [5.41, 5.74) is 5.52. The van der Waals surface area contributed by atoms with Crippen molar-refractivity contribution in [2.45, 2.75) is 6.54 Å². The second kappa shape index (κ2) is 10.3. The summed E-state index contributed by atoms with van der Waals surface area (Å²) in [5.74, 6) is -1.32. The van der Waals surface area contributed by atoms with Crippen molar-refractivity contribution in [3.8, 4) is 5.75 Å². The molecule has 0 bridgehead atoms. The SMILES string of the molecule is COc1ccccc1C=CC(=O)OCC(=O)c1c(N)n(Cc2ccccc2)c(=O)n(C)c1=O. The van der Waals surface area contributed by atoms with Crippen molar-refractivity contribution in [3.05, 3.63) is 98.2 Å². The van der Waals surface area contributed by atoms with Gasteiger partial charge >= 0.3 is 11.7 Å². The summed E-state index contributed by atoms with van der Waals surface area (Å²) in [5, 5.41) is 0. The largest absolute Gasteiger partial charge is 0.496 e. The molecule has 9 nitrogen and oxygen atoms in total. The molecule has 0 spiro atoms. The molecule has 0 radical (unpaired) electrons. The van der Waals surface area contributed by atoms with Crippen LogP contribution in [0.25, 0.3) is 6.08 Å². The maximum Gasteiger partial charge on any atom is 0.332 e. The summed E-state index contributed by atoms with van der Waals surface area (Å²) in [6, 6.07) is 16.0. The topological polar surface area (TPSA) is 123 Å². The van der Waals surface area contributed by atoms with E-state index in [1.54, 1.807) is 48.5 Å². The van der Waals surface area contributed by atoms with Crippen LogP contribution < -0.4 is 21.7 Å². The molecule has 3 rings (SSSR count). The Hall–Kier alpha value is -4.40. The smallest absolute Gasteiger partial charge is 0.332 e. The average molecular weight is 449 g/mol. The van der Waals surface area contributed by atoms with E-state index in [1.807, 2.05) is 6.07 Å². The lowest BCUT2D eigenvalue weighted by molar-refractivity contribution is -0.136. The van der Waals surface area contributed by atoms with Gasteiger partial charge in [-0.2, -0.15) is 0 Å². The lowest BCUT2D eigenvalue weighted by Crippen LogP contribution is -2.43. The molecule has 0 aliphatic carbocycles. The molecular weight excluding hydrogens is 426 g/mol. The van der Waals surface area contributed by atoms with Gasteiger partial charge in [0.15, 0.2) is 6.61 Å². The summed E-state index contributed by atoms with van der Waals surface area (Å²) in [7, 11) is 2.76. The zero-order valence-electron chi connectivity index (χ0n) is 18.2. The van der Waals surface area contributed by atoms with Crippen molar-refractivity contribution in [2.75, 3.05) is 19.5 Å². The molecule has 0 fully saturated rings. The number of benzene rings is 2. The van der Waals surface area contributed by atoms with E-state index in [-0.39, 0.29) is 12.4 Å². The Balaban J connectivity index is 1.79. The summed E-state index contributed by atoms with van der Waals surface area (Å²) in [6.45, 7) is -0.639. The van der Waals surface area contributed by atoms with Crippen LogP contribution in [0.1, 0.15) is 21.5 Å². The molecule has 33 heavy (non-hydrogen) atoms. The molecule has 1 heterocycles. The van der Waals surface area contributed by atoms with E-state index in [2.05, 4.69) is 0 Å². The molecule has 1 aromatic heterocycles. The van der Waals surface area contributed by atoms with Crippen molar-refractivity contribution in [3.63, 3.8) is 0 Å². The summed E-state index contributed by atoms with van der Waals surface area (Å²) in [4.78, 5) is 49.9. The Morgan fingerprint density at radius 3 is 2.39 bits per heavy atom. The first-order valence-electron chi connectivity index (χ1n) is 9.97. The lowest BCUT2D eigenvalue weighted by atomic mass is 10.2. The van der Waals surface area contributed by atoms with E-state index in [1.165, 1.54) is 20.2 Å². The van der Waals surface area contributed by atoms with Crippen molar-refractivity contribution in [1.82, 2.24) is 9.13 Å². The number of ketones is 1. The molecule has 3 aromatic rings. The lowest BCUT2D eigenvalue weighted by Gasteiger charge is -2.14. The van der Waals surface area contributed by atoms with Crippen molar-refractivity contribution in [1.29, 1.82) is 0 Å². The first kappa shape index (κ1) is 23.3. The number of rotatable bonds is 8. The van der Waals surface area contributed by atoms with Crippen LogP contribution in [0.5, 0.6) is 5.75 Å². The zero-order chi connectivity index (χ0) is 24.0. The fourth-order valence-corrected chi connectivity index (χ4v) is 3.18. The van der Waals surface area contributed by atoms with E-state index >= 15 is 0 Å². The molecule has 0 aliphatic rings. The van der Waals surface area contributed by atoms with Crippen LogP contribution in [0.15, 0.2) is 70.3 Å². The van der Waals surface area contributed by atoms with E-state index < -0.39 is 35.2 Å². The molecule has 2 N–H and O–H groups in total. The number of methoxy groups -OCH3 is 1. The number of ether oxygens (including phenoxy) is 2. The normalized spacial score (nSPS) is 10.8. The van der Waals surface area contributed by atoms with E-state index in [9.17, 15) is 19.2 Å². The number of aromatic nitrogens is 2. The number of hydrogen-bond donors (Lipinski definition) is 1. The second-order valence-corrected chi connectivity index (χ2v) is 7.08. The van der Waals surface area contributed by atoms with Crippen molar-refractivity contribution < 1.29 is 19.1 Å². The number of para-hydroxylation sites is 1. The number of Topliss-reactive ketones (excluding diaryl/α,β-unsaturated/α-hetero) is 1. The highest BCUT2D eigenvalue weighted by molar-refractivity contribution is 6.02. The van der Waals surface area contributed by atoms with Gasteiger partial charge in [-0.05, 0) is 17.7 Å². The van der Waals surface area contributed by atoms with Gasteiger partial charge in [-0.1, -0.05) is 48.5 Å². The summed E-state index contributed by atoms with van der Waals surface area (Å²) >= 11 is 0. The minimum absolute atomic E-state index is 0.0708. The van der Waals surface area contributed by atoms with Crippen LogP contribution in [0.4, 0.5) is 5.82 Å². The minimum Gasteiger partial charge on any atom is -0.496 e. The third-order valence-corrected chi connectivity index (χ3v) is 4.93. The molecule has 0 saturated carbocycles. The molecule has 0 atom stereocenters. The van der Waals surface area contributed by atoms with Gasteiger partial charge < -0.3 is 15.2 Å². The van der Waals surface area contributed by atoms with Crippen LogP contribution >= 0.6 is 0 Å². The van der Waals surface area contributed by atoms with Gasteiger partial charge in [-0.3, -0.25) is 18.7 Å². The van der Waals surface area contributed by atoms with Crippen molar-refractivity contribution in [2.24, 2.45) is 7.05 Å². The monoisotopic (exact) mass is 449 g/mol. The molecule has 2 aromatic carbocycles. The van der Waals surface area contributed by atoms with Gasteiger partial charge in [-0.15, -0.1) is 0 Å². The number of nitrogen functional groups attached to an aromatic ring is 1. The number of esters is 1. The van der Waals surface area contributed by atoms with Crippen molar-refractivity contribution >= 4 is 23.6 Å². The Morgan fingerprint density at radius 1 is 1.03 bits per heavy atom. The standard InChI is InChI=1S/C24H23N3O6/c1-26-23(30)21(22(25)27(24(26)31)14-16-8-4-3-5-9-16)18(28)15-33-20(29)13-12-17-10-6-7-11-19(17)32-2/h3-13H,14-15,25H2,1-2H3. The van der Waals surface area contributed by atoms with Crippen LogP contribution in [-0.4, -0.2) is 34.6 Å². The van der Waals surface area contributed by atoms with Crippen LogP contribution in [0.2, 0.25) is 0 Å². The second-order valence-electron chi connectivity index (χ2n) is 7.08. The summed E-state index contributed by atoms with van der Waals surface area (Å²) in [6.07, 6.45) is 2.63. The predicted molar refractivity (Wildman–Crippen MR) is 123 cm³/mol. The summed E-state index contributed by atoms with van der Waals surface area (Å²) < 4.78 is 12.1. The average Bonchev–Trinajstić information content (AvgIpc) is 2.83. The van der Waals surface area contributed by atoms with Crippen LogP contribution in [0, 0.1) is 0 Å². The number of carbonyl (C=O) groups excluding carboxylic acids is 2. The quantitative estimate of drug-likeness (QED) is 0.315. The van der Waals surface area contributed by atoms with Gasteiger partial charge in [0, 0.05) is 18.7 Å². The van der Waals surface area contributed by atoms with E-state index in [0.717, 1.165) is 20.8 Å². The molecular formula is C24H23N3O6. The number of anilines is 1. The highest BCUT2D eigenvalue weighted by Crippen LogP contribution is 2.18. The first-order chi connectivity index (χ1) is 15.8. The van der Waals surface area contributed by atoms with Gasteiger partial charge in [0.25, 0.3) is 5.56 Å². The highest BCUT2D eigenvalue weighted by Gasteiger charge is 2.22. The van der Waals surface area contributed by atoms with Gasteiger partial charge in [0.05, 0.1) is 13.7 Å². The Bertz CT molecular complexity index is 1320. The Morgan fingerprint density at radius 2 is 1.70 bits per heavy atom. The maximum absolute atomic E-state index is 12.7. The minimum atomic E-state index is -0.854. The fourth-order valence-electron chi connectivity index (χ4n) is 3.18. The van der Waals surface area contributed by atoms with E-state index in [4.69, 9.17) is 15.2 Å². The number of nitrogens with two attached hydrogens (primary N) is 1. The van der Waals surface area contributed by atoms with Gasteiger partial charge in [0.2, 0.25) is 5.78 Å². The van der Waals surface area contributed by atoms with Gasteiger partial charge in [-0.25, -0.2) is 9.59 Å². The number of carbonyl (C=O) groups is 2. The fraction of sp³-hybridized carbons (Fsp3) is 0.167. The van der Waals surface area contributed by atoms with E-state index in [0.29, 0.717) is 11.3 Å². The van der Waals surface area contributed by atoms with Crippen LogP contribution in [0.3, 0.4) is 0 Å². The molecule has 9 heteroatoms. The first-order valence-corrected chi connectivity index (χ1v) is 9.97. The number of hydrogen-bond acceptors (Lipinski definition) is 7. The Kier molecular flexibility index (Phi) is 7.24. The third-order valence-electron chi connectivity index (χ3n) is 4.93. The molecule has 170 valence electrons. The third kappa shape index (κ3) is 5.27. The maximum atomic E-state index is 12.7. The predicted octanol–water partition coefficient (Wildman–Crippen LogP) is 1.63. The molecule has 0 saturated heterocycles. The molecule has 0 amide bonds. The van der Waals surface area contributed by atoms with Gasteiger partial charge in [0.1, 0.15) is 17.1 Å². The molecule has 0 unspecified atom stereocenters. The zero-order valence-corrected chi connectivity index (χ0v) is 18.2.